The highest BCUT2D eigenvalue weighted by molar-refractivity contribution is 5.92. The molecule has 0 saturated carbocycles. The predicted octanol–water partition coefficient (Wildman–Crippen LogP) is 1.47. The second kappa shape index (κ2) is 9.03. The van der Waals surface area contributed by atoms with Crippen LogP contribution in [0.15, 0.2) is 53.8 Å². The van der Waals surface area contributed by atoms with Crippen molar-refractivity contribution in [2.75, 3.05) is 24.6 Å². The monoisotopic (exact) mass is 464 g/mol. The SMILES string of the molecule is O=C(NO)c1cnc(N2CCOC(Cn3ccn(-c4cccc(C(F)(F)F)c4)c3=O)C2)nc1. The van der Waals surface area contributed by atoms with Crippen LogP contribution in [-0.4, -0.2) is 56.0 Å². The molecule has 0 radical (unpaired) electrons. The van der Waals surface area contributed by atoms with E-state index in [9.17, 15) is 22.8 Å². The number of benzene rings is 1. The first-order valence-corrected chi connectivity index (χ1v) is 9.84. The van der Waals surface area contributed by atoms with Crippen molar-refractivity contribution < 1.29 is 27.9 Å². The number of halogens is 3. The van der Waals surface area contributed by atoms with E-state index in [4.69, 9.17) is 9.94 Å². The van der Waals surface area contributed by atoms with Crippen molar-refractivity contribution in [3.05, 3.63) is 70.7 Å². The number of hydrogen-bond acceptors (Lipinski definition) is 7. The van der Waals surface area contributed by atoms with Crippen molar-refractivity contribution in [1.29, 1.82) is 0 Å². The zero-order valence-corrected chi connectivity index (χ0v) is 17.1. The smallest absolute Gasteiger partial charge is 0.373 e. The van der Waals surface area contributed by atoms with E-state index in [1.807, 2.05) is 4.90 Å². The fraction of sp³-hybridized carbons (Fsp3) is 0.300. The lowest BCUT2D eigenvalue weighted by atomic mass is 10.2. The molecular weight excluding hydrogens is 445 g/mol. The van der Waals surface area contributed by atoms with Crippen LogP contribution in [0.1, 0.15) is 15.9 Å². The highest BCUT2D eigenvalue weighted by Crippen LogP contribution is 2.30. The second-order valence-electron chi connectivity index (χ2n) is 7.30. The fourth-order valence-corrected chi connectivity index (χ4v) is 3.48. The third kappa shape index (κ3) is 4.88. The molecule has 3 aromatic rings. The Morgan fingerprint density at radius 3 is 2.70 bits per heavy atom. The first-order valence-electron chi connectivity index (χ1n) is 9.84. The van der Waals surface area contributed by atoms with E-state index in [1.54, 1.807) is 0 Å². The molecule has 13 heteroatoms. The zero-order chi connectivity index (χ0) is 23.6. The van der Waals surface area contributed by atoms with E-state index < -0.39 is 29.4 Å². The molecule has 1 aliphatic heterocycles. The largest absolute Gasteiger partial charge is 0.416 e. The van der Waals surface area contributed by atoms with Crippen LogP contribution in [0.3, 0.4) is 0 Å². The Kier molecular flexibility index (Phi) is 6.16. The molecule has 1 fully saturated rings. The molecule has 2 aromatic heterocycles. The lowest BCUT2D eigenvalue weighted by Gasteiger charge is -2.32. The Balaban J connectivity index is 1.47. The number of imidazole rings is 1. The van der Waals surface area contributed by atoms with Crippen molar-refractivity contribution in [1.82, 2.24) is 24.6 Å². The van der Waals surface area contributed by atoms with Crippen molar-refractivity contribution in [3.8, 4) is 5.69 Å². The summed E-state index contributed by atoms with van der Waals surface area (Å²) in [5.74, 6) is -0.377. The summed E-state index contributed by atoms with van der Waals surface area (Å²) in [6, 6.07) is 4.54. The van der Waals surface area contributed by atoms with Gasteiger partial charge in [-0.15, -0.1) is 0 Å². The maximum atomic E-state index is 13.0. The quantitative estimate of drug-likeness (QED) is 0.434. The van der Waals surface area contributed by atoms with Crippen LogP contribution >= 0.6 is 0 Å². The van der Waals surface area contributed by atoms with Crippen LogP contribution in [0.2, 0.25) is 0 Å². The molecule has 33 heavy (non-hydrogen) atoms. The van der Waals surface area contributed by atoms with Gasteiger partial charge in [0.25, 0.3) is 5.91 Å². The highest BCUT2D eigenvalue weighted by atomic mass is 19.4. The summed E-state index contributed by atoms with van der Waals surface area (Å²) in [6.45, 7) is 1.36. The molecule has 3 heterocycles. The number of aromatic nitrogens is 4. The van der Waals surface area contributed by atoms with Crippen molar-refractivity contribution in [2.24, 2.45) is 0 Å². The summed E-state index contributed by atoms with van der Waals surface area (Å²) in [7, 11) is 0. The van der Waals surface area contributed by atoms with Gasteiger partial charge in [-0.3, -0.25) is 19.1 Å². The minimum atomic E-state index is -4.51. The van der Waals surface area contributed by atoms with Gasteiger partial charge < -0.3 is 9.64 Å². The first kappa shape index (κ1) is 22.5. The van der Waals surface area contributed by atoms with E-state index in [-0.39, 0.29) is 17.8 Å². The molecule has 1 atom stereocenters. The third-order valence-electron chi connectivity index (χ3n) is 5.12. The van der Waals surface area contributed by atoms with Gasteiger partial charge in [-0.05, 0) is 18.2 Å². The lowest BCUT2D eigenvalue weighted by Crippen LogP contribution is -2.46. The predicted molar refractivity (Wildman–Crippen MR) is 108 cm³/mol. The van der Waals surface area contributed by atoms with Crippen molar-refractivity contribution in [2.45, 2.75) is 18.8 Å². The molecule has 174 valence electrons. The van der Waals surface area contributed by atoms with Crippen LogP contribution < -0.4 is 16.1 Å². The van der Waals surface area contributed by atoms with Gasteiger partial charge in [-0.25, -0.2) is 20.2 Å². The van der Waals surface area contributed by atoms with Crippen LogP contribution in [-0.2, 0) is 17.5 Å². The molecule has 4 rings (SSSR count). The maximum absolute atomic E-state index is 13.0. The Bertz CT molecular complexity index is 1190. The Morgan fingerprint density at radius 1 is 1.24 bits per heavy atom. The lowest BCUT2D eigenvalue weighted by molar-refractivity contribution is -0.137. The first-order chi connectivity index (χ1) is 15.8. The molecular formula is C20H19F3N6O4. The van der Waals surface area contributed by atoms with Crippen molar-refractivity contribution >= 4 is 11.9 Å². The summed E-state index contributed by atoms with van der Waals surface area (Å²) < 4.78 is 47.2. The van der Waals surface area contributed by atoms with Gasteiger partial charge in [-0.1, -0.05) is 6.07 Å². The number of hydrogen-bond donors (Lipinski definition) is 2. The van der Waals surface area contributed by atoms with Gasteiger partial charge in [0.15, 0.2) is 0 Å². The van der Waals surface area contributed by atoms with Crippen molar-refractivity contribution in [3.63, 3.8) is 0 Å². The number of ether oxygens (including phenoxy) is 1. The molecule has 1 aromatic carbocycles. The summed E-state index contributed by atoms with van der Waals surface area (Å²) in [6.07, 6.45) is 0.536. The molecule has 10 nitrogen and oxygen atoms in total. The van der Waals surface area contributed by atoms with Gasteiger partial charge in [0, 0.05) is 37.9 Å². The Hall–Kier alpha value is -3.71. The fourth-order valence-electron chi connectivity index (χ4n) is 3.48. The molecule has 1 unspecified atom stereocenters. The molecule has 0 spiro atoms. The number of carbonyl (C=O) groups excluding carboxylic acids is 1. The average molecular weight is 464 g/mol. The standard InChI is InChI=1S/C20H19F3N6O4/c21-20(22,23)14-2-1-3-15(8-14)29-5-4-28(19(29)31)12-16-11-27(6-7-33-16)18-24-9-13(10-25-18)17(30)26-32/h1-5,8-10,16,32H,6-7,11-12H2,(H,26,30). The zero-order valence-electron chi connectivity index (χ0n) is 17.1. The van der Waals surface area contributed by atoms with E-state index >= 15 is 0 Å². The van der Waals surface area contributed by atoms with E-state index in [0.29, 0.717) is 25.6 Å². The number of rotatable bonds is 5. The third-order valence-corrected chi connectivity index (χ3v) is 5.12. The van der Waals surface area contributed by atoms with Gasteiger partial charge in [0.1, 0.15) is 0 Å². The number of amides is 1. The van der Waals surface area contributed by atoms with Crippen LogP contribution in [0.25, 0.3) is 5.69 Å². The second-order valence-corrected chi connectivity index (χ2v) is 7.30. The molecule has 1 amide bonds. The maximum Gasteiger partial charge on any atom is 0.416 e. The van der Waals surface area contributed by atoms with Crippen LogP contribution in [0.5, 0.6) is 0 Å². The topological polar surface area (TPSA) is 115 Å². The summed E-state index contributed by atoms with van der Waals surface area (Å²) >= 11 is 0. The minimum absolute atomic E-state index is 0.0912. The number of morpholine rings is 1. The average Bonchev–Trinajstić information content (AvgIpc) is 3.18. The normalized spacial score (nSPS) is 16.6. The summed E-state index contributed by atoms with van der Waals surface area (Å²) in [5, 5.41) is 8.67. The molecule has 0 bridgehead atoms. The van der Waals surface area contributed by atoms with Gasteiger partial charge in [0.05, 0.1) is 36.1 Å². The number of anilines is 1. The number of carbonyl (C=O) groups is 1. The van der Waals surface area contributed by atoms with Crippen LogP contribution in [0.4, 0.5) is 19.1 Å². The Morgan fingerprint density at radius 2 is 2.00 bits per heavy atom. The molecule has 0 aliphatic carbocycles. The summed E-state index contributed by atoms with van der Waals surface area (Å²) in [4.78, 5) is 34.2. The molecule has 1 saturated heterocycles. The molecule has 1 aliphatic rings. The highest BCUT2D eigenvalue weighted by Gasteiger charge is 2.30. The van der Waals surface area contributed by atoms with Gasteiger partial charge >= 0.3 is 11.9 Å². The number of hydroxylamine groups is 1. The van der Waals surface area contributed by atoms with Crippen LogP contribution in [0, 0.1) is 0 Å². The van der Waals surface area contributed by atoms with E-state index in [0.717, 1.165) is 16.7 Å². The van der Waals surface area contributed by atoms with Gasteiger partial charge in [-0.2, -0.15) is 13.2 Å². The number of alkyl halides is 3. The Labute approximate surface area is 184 Å². The number of nitrogens with zero attached hydrogens (tertiary/aromatic N) is 5. The van der Waals surface area contributed by atoms with E-state index in [2.05, 4.69) is 9.97 Å². The van der Waals surface area contributed by atoms with Gasteiger partial charge in [0.2, 0.25) is 5.95 Å². The minimum Gasteiger partial charge on any atom is -0.373 e. The van der Waals surface area contributed by atoms with E-state index in [1.165, 1.54) is 47.0 Å². The number of nitrogens with one attached hydrogen (secondary N) is 1. The molecule has 2 N–H and O–H groups in total. The summed E-state index contributed by atoms with van der Waals surface area (Å²) in [5.41, 5.74) is 0.370.